The van der Waals surface area contributed by atoms with E-state index in [1.54, 1.807) is 30.6 Å². The fourth-order valence-electron chi connectivity index (χ4n) is 1.76. The zero-order chi connectivity index (χ0) is 15.1. The second-order valence-corrected chi connectivity index (χ2v) is 5.78. The summed E-state index contributed by atoms with van der Waals surface area (Å²) in [4.78, 5) is 13.7. The monoisotopic (exact) mass is 451 g/mol. The van der Waals surface area contributed by atoms with Gasteiger partial charge < -0.3 is 10.6 Å². The third-order valence-corrected chi connectivity index (χ3v) is 4.14. The Balaban J connectivity index is 0.00000242. The van der Waals surface area contributed by atoms with Crippen molar-refractivity contribution in [1.29, 1.82) is 0 Å². The number of nitrogens with one attached hydrogen (secondary N) is 2. The molecule has 22 heavy (non-hydrogen) atoms. The fourth-order valence-corrected chi connectivity index (χ4v) is 2.59. The Labute approximate surface area is 156 Å². The average Bonchev–Trinajstić information content (AvgIpc) is 2.90. The van der Waals surface area contributed by atoms with E-state index in [1.807, 2.05) is 18.5 Å². The third-order valence-electron chi connectivity index (χ3n) is 2.98. The van der Waals surface area contributed by atoms with E-state index in [9.17, 15) is 0 Å². The molecule has 2 aromatic rings. The van der Waals surface area contributed by atoms with E-state index in [2.05, 4.69) is 25.6 Å². The van der Waals surface area contributed by atoms with Crippen LogP contribution in [0.2, 0.25) is 5.15 Å². The van der Waals surface area contributed by atoms with Gasteiger partial charge >= 0.3 is 0 Å². The minimum atomic E-state index is 0. The number of hydrogen-bond donors (Lipinski definition) is 2. The Bertz CT molecular complexity index is 600. The molecule has 0 radical (unpaired) electrons. The number of aliphatic imine (C=N–C) groups is 1. The highest BCUT2D eigenvalue weighted by atomic mass is 127. The SMILES string of the molecule is CN=C(NCCc1ccc(Cl)nc1)NCc1scnc1C.I. The molecule has 2 N–H and O–H groups in total. The highest BCUT2D eigenvalue weighted by Gasteiger charge is 2.03. The molecule has 0 spiro atoms. The van der Waals surface area contributed by atoms with Crippen LogP contribution in [0.1, 0.15) is 16.1 Å². The lowest BCUT2D eigenvalue weighted by atomic mass is 10.2. The third kappa shape index (κ3) is 6.05. The molecule has 0 saturated heterocycles. The van der Waals surface area contributed by atoms with Gasteiger partial charge in [0, 0.05) is 24.7 Å². The summed E-state index contributed by atoms with van der Waals surface area (Å²) in [5.41, 5.74) is 4.06. The topological polar surface area (TPSA) is 62.2 Å². The Morgan fingerprint density at radius 2 is 2.14 bits per heavy atom. The van der Waals surface area contributed by atoms with Gasteiger partial charge in [0.1, 0.15) is 5.15 Å². The van der Waals surface area contributed by atoms with Crippen molar-refractivity contribution in [2.24, 2.45) is 4.99 Å². The first kappa shape index (κ1) is 19.1. The van der Waals surface area contributed by atoms with E-state index in [-0.39, 0.29) is 24.0 Å². The molecule has 0 aliphatic carbocycles. The molecular formula is C14H19ClIN5S. The molecule has 5 nitrogen and oxygen atoms in total. The Hall–Kier alpha value is -0.930. The van der Waals surface area contributed by atoms with Crippen LogP contribution >= 0.6 is 46.9 Å². The van der Waals surface area contributed by atoms with Crippen LogP contribution in [-0.4, -0.2) is 29.5 Å². The highest BCUT2D eigenvalue weighted by Crippen LogP contribution is 2.11. The zero-order valence-electron chi connectivity index (χ0n) is 12.5. The summed E-state index contributed by atoms with van der Waals surface area (Å²) in [5.74, 6) is 0.782. The van der Waals surface area contributed by atoms with Gasteiger partial charge in [0.15, 0.2) is 5.96 Å². The van der Waals surface area contributed by atoms with Gasteiger partial charge in [-0.2, -0.15) is 0 Å². The van der Waals surface area contributed by atoms with Crippen molar-refractivity contribution in [2.45, 2.75) is 19.9 Å². The number of halogens is 2. The minimum absolute atomic E-state index is 0. The summed E-state index contributed by atoms with van der Waals surface area (Å²) >= 11 is 7.41. The molecule has 8 heteroatoms. The van der Waals surface area contributed by atoms with Gasteiger partial charge in [0.2, 0.25) is 0 Å². The van der Waals surface area contributed by atoms with Crippen molar-refractivity contribution in [3.8, 4) is 0 Å². The molecule has 0 bridgehead atoms. The van der Waals surface area contributed by atoms with Gasteiger partial charge in [-0.1, -0.05) is 17.7 Å². The van der Waals surface area contributed by atoms with E-state index in [0.717, 1.165) is 36.7 Å². The van der Waals surface area contributed by atoms with Crippen LogP contribution in [0.3, 0.4) is 0 Å². The van der Waals surface area contributed by atoms with E-state index < -0.39 is 0 Å². The minimum Gasteiger partial charge on any atom is -0.356 e. The predicted molar refractivity (Wildman–Crippen MR) is 103 cm³/mol. The Kier molecular flexibility index (Phi) is 8.66. The van der Waals surface area contributed by atoms with Gasteiger partial charge in [-0.3, -0.25) is 4.99 Å². The van der Waals surface area contributed by atoms with E-state index >= 15 is 0 Å². The summed E-state index contributed by atoms with van der Waals surface area (Å²) in [6.45, 7) is 3.53. The Morgan fingerprint density at radius 3 is 2.73 bits per heavy atom. The number of guanidine groups is 1. The van der Waals surface area contributed by atoms with E-state index in [4.69, 9.17) is 11.6 Å². The van der Waals surface area contributed by atoms with Crippen LogP contribution < -0.4 is 10.6 Å². The molecule has 2 rings (SSSR count). The lowest BCUT2D eigenvalue weighted by molar-refractivity contribution is 0.795. The van der Waals surface area contributed by atoms with Gasteiger partial charge in [-0.25, -0.2) is 9.97 Å². The number of rotatable bonds is 5. The number of nitrogens with zero attached hydrogens (tertiary/aromatic N) is 3. The molecule has 0 amide bonds. The van der Waals surface area contributed by atoms with Crippen LogP contribution in [0.4, 0.5) is 0 Å². The van der Waals surface area contributed by atoms with Crippen LogP contribution in [0.25, 0.3) is 0 Å². The summed E-state index contributed by atoms with van der Waals surface area (Å²) in [5, 5.41) is 7.08. The lowest BCUT2D eigenvalue weighted by Crippen LogP contribution is -2.37. The van der Waals surface area contributed by atoms with Gasteiger partial charge in [0.05, 0.1) is 17.7 Å². The van der Waals surface area contributed by atoms with Crippen molar-refractivity contribution in [3.05, 3.63) is 45.1 Å². The van der Waals surface area contributed by atoms with E-state index in [0.29, 0.717) is 5.15 Å². The average molecular weight is 452 g/mol. The van der Waals surface area contributed by atoms with Gasteiger partial charge in [-0.15, -0.1) is 35.3 Å². The number of aromatic nitrogens is 2. The quantitative estimate of drug-likeness (QED) is 0.317. The molecule has 0 atom stereocenters. The first-order valence-corrected chi connectivity index (χ1v) is 7.88. The fraction of sp³-hybridized carbons (Fsp3) is 0.357. The first-order chi connectivity index (χ1) is 10.2. The van der Waals surface area contributed by atoms with Crippen molar-refractivity contribution in [2.75, 3.05) is 13.6 Å². The largest absolute Gasteiger partial charge is 0.356 e. The maximum atomic E-state index is 5.76. The summed E-state index contributed by atoms with van der Waals surface area (Å²) < 4.78 is 0. The molecule has 2 heterocycles. The molecule has 0 aliphatic rings. The van der Waals surface area contributed by atoms with Crippen molar-refractivity contribution in [1.82, 2.24) is 20.6 Å². The van der Waals surface area contributed by atoms with Crippen LogP contribution in [0.15, 0.2) is 28.8 Å². The first-order valence-electron chi connectivity index (χ1n) is 6.63. The standard InChI is InChI=1S/C14H18ClN5S.HI/c1-10-12(21-9-20-10)8-19-14(16-2)17-6-5-11-3-4-13(15)18-7-11;/h3-4,7,9H,5-6,8H2,1-2H3,(H2,16,17,19);1H. The number of thiazole rings is 1. The number of pyridine rings is 1. The summed E-state index contributed by atoms with van der Waals surface area (Å²) in [6, 6.07) is 3.78. The van der Waals surface area contributed by atoms with Crippen molar-refractivity contribution < 1.29 is 0 Å². The lowest BCUT2D eigenvalue weighted by Gasteiger charge is -2.11. The molecular weight excluding hydrogens is 433 g/mol. The highest BCUT2D eigenvalue weighted by molar-refractivity contribution is 14.0. The molecule has 120 valence electrons. The van der Waals surface area contributed by atoms with Crippen LogP contribution in [0, 0.1) is 6.92 Å². The Morgan fingerprint density at radius 1 is 1.32 bits per heavy atom. The van der Waals surface area contributed by atoms with Crippen LogP contribution in [0.5, 0.6) is 0 Å². The van der Waals surface area contributed by atoms with Crippen molar-refractivity contribution >= 4 is 52.9 Å². The smallest absolute Gasteiger partial charge is 0.191 e. The van der Waals surface area contributed by atoms with Crippen molar-refractivity contribution in [3.63, 3.8) is 0 Å². The predicted octanol–water partition coefficient (Wildman–Crippen LogP) is 3.03. The van der Waals surface area contributed by atoms with Crippen LogP contribution in [-0.2, 0) is 13.0 Å². The second kappa shape index (κ2) is 9.96. The summed E-state index contributed by atoms with van der Waals surface area (Å²) in [6.07, 6.45) is 2.66. The second-order valence-electron chi connectivity index (χ2n) is 4.45. The number of hydrogen-bond acceptors (Lipinski definition) is 4. The maximum Gasteiger partial charge on any atom is 0.191 e. The molecule has 0 saturated carbocycles. The van der Waals surface area contributed by atoms with Gasteiger partial charge in [0.25, 0.3) is 0 Å². The molecule has 2 aromatic heterocycles. The zero-order valence-corrected chi connectivity index (χ0v) is 16.4. The molecule has 0 unspecified atom stereocenters. The molecule has 0 fully saturated rings. The molecule has 0 aromatic carbocycles. The maximum absolute atomic E-state index is 5.76. The molecule has 0 aliphatic heterocycles. The van der Waals surface area contributed by atoms with Gasteiger partial charge in [-0.05, 0) is 25.0 Å². The number of aryl methyl sites for hydroxylation is 1. The summed E-state index contributed by atoms with van der Waals surface area (Å²) in [7, 11) is 1.76. The normalized spacial score (nSPS) is 11.0. The van der Waals surface area contributed by atoms with E-state index in [1.165, 1.54) is 4.88 Å².